The molecule has 1 aliphatic rings. The zero-order valence-corrected chi connectivity index (χ0v) is 27.3. The van der Waals surface area contributed by atoms with Gasteiger partial charge in [0, 0.05) is 21.8 Å². The molecule has 0 radical (unpaired) electrons. The summed E-state index contributed by atoms with van der Waals surface area (Å²) in [6, 6.07) is 16.0. The first-order chi connectivity index (χ1) is 22.1. The third-order valence-corrected chi connectivity index (χ3v) is 7.39. The van der Waals surface area contributed by atoms with Crippen molar-refractivity contribution in [2.24, 2.45) is 5.10 Å². The number of esters is 1. The van der Waals surface area contributed by atoms with Gasteiger partial charge < -0.3 is 29.6 Å². The molecule has 1 atom stereocenters. The van der Waals surface area contributed by atoms with E-state index in [1.807, 2.05) is 6.07 Å². The number of ether oxygens (including phenoxy) is 4. The number of rotatable bonds is 12. The van der Waals surface area contributed by atoms with E-state index in [1.165, 1.54) is 13.3 Å². The van der Waals surface area contributed by atoms with Gasteiger partial charge in [-0.3, -0.25) is 4.79 Å². The Kier molecular flexibility index (Phi) is 11.6. The number of carbonyl (C=O) groups is 3. The summed E-state index contributed by atoms with van der Waals surface area (Å²) in [7, 11) is 1.42. The van der Waals surface area contributed by atoms with Crippen LogP contribution in [-0.2, 0) is 20.9 Å². The zero-order chi connectivity index (χ0) is 33.2. The van der Waals surface area contributed by atoms with E-state index in [4.69, 9.17) is 30.5 Å². The molecule has 0 fully saturated rings. The average molecular weight is 711 g/mol. The molecule has 0 unspecified atom stereocenters. The molecule has 1 heterocycles. The summed E-state index contributed by atoms with van der Waals surface area (Å²) in [6.45, 7) is 3.19. The number of hydrogen-bond donors (Lipinski definition) is 3. The minimum atomic E-state index is -0.796. The van der Waals surface area contributed by atoms with Gasteiger partial charge in [-0.05, 0) is 65.7 Å². The van der Waals surface area contributed by atoms with Crippen LogP contribution in [0.1, 0.15) is 42.1 Å². The molecular weight excluding hydrogens is 682 g/mol. The van der Waals surface area contributed by atoms with Gasteiger partial charge in [0.05, 0.1) is 47.7 Å². The predicted octanol–water partition coefficient (Wildman–Crippen LogP) is 5.28. The number of allylic oxidation sites excluding steroid dienone is 1. The quantitative estimate of drug-likeness (QED) is 0.130. The SMILES string of the molecule is CCOC(=O)C1=C(C)NC(=O)N[C@@H]1c1ccc(OCC(=O)N/N=C/c2cc(Cl)cc(Br)c2OCc2ccccc2C#N)c(OC)c1. The number of nitrogens with one attached hydrogen (secondary N) is 3. The third-order valence-electron chi connectivity index (χ3n) is 6.58. The van der Waals surface area contributed by atoms with Gasteiger partial charge in [0.25, 0.3) is 5.91 Å². The summed E-state index contributed by atoms with van der Waals surface area (Å²) in [5.74, 6) is -0.204. The normalized spacial score (nSPS) is 14.2. The molecule has 14 heteroatoms. The molecule has 0 aromatic heterocycles. The maximum atomic E-state index is 12.6. The average Bonchev–Trinajstić information content (AvgIpc) is 3.03. The van der Waals surface area contributed by atoms with E-state index in [0.29, 0.717) is 43.2 Å². The van der Waals surface area contributed by atoms with Crippen molar-refractivity contribution in [1.82, 2.24) is 16.1 Å². The van der Waals surface area contributed by atoms with Crippen LogP contribution in [0, 0.1) is 11.3 Å². The van der Waals surface area contributed by atoms with Gasteiger partial charge in [-0.25, -0.2) is 15.0 Å². The maximum Gasteiger partial charge on any atom is 0.338 e. The standard InChI is InChI=1S/C32H29BrClN5O7/c1-4-44-31(41)28-18(2)37-32(42)38-29(28)19-9-10-25(26(12-19)43-3)45-17-27(40)39-36-15-22-11-23(34)13-24(33)30(22)46-16-21-8-6-5-7-20(21)14-35/h5-13,15,29H,4,16-17H2,1-3H3,(H,39,40)(H2,37,38,42)/b36-15+/t29-/m1/s1. The van der Waals surface area contributed by atoms with Crippen molar-refractivity contribution in [3.05, 3.63) is 97.6 Å². The van der Waals surface area contributed by atoms with Crippen molar-refractivity contribution in [3.63, 3.8) is 0 Å². The molecule has 0 bridgehead atoms. The number of urea groups is 1. The predicted molar refractivity (Wildman–Crippen MR) is 173 cm³/mol. The highest BCUT2D eigenvalue weighted by atomic mass is 79.9. The summed E-state index contributed by atoms with van der Waals surface area (Å²) in [5, 5.41) is 19.1. The van der Waals surface area contributed by atoms with E-state index in [1.54, 1.807) is 62.4 Å². The Morgan fingerprint density at radius 1 is 1.15 bits per heavy atom. The second kappa shape index (κ2) is 15.8. The fraction of sp³-hybridized carbons (Fsp3) is 0.219. The topological polar surface area (TPSA) is 160 Å². The fourth-order valence-electron chi connectivity index (χ4n) is 4.49. The number of halogens is 2. The maximum absolute atomic E-state index is 12.6. The minimum absolute atomic E-state index is 0.121. The lowest BCUT2D eigenvalue weighted by atomic mass is 9.95. The molecule has 0 saturated carbocycles. The smallest absolute Gasteiger partial charge is 0.338 e. The van der Waals surface area contributed by atoms with Gasteiger partial charge in [-0.15, -0.1) is 0 Å². The van der Waals surface area contributed by atoms with Gasteiger partial charge in [0.2, 0.25) is 0 Å². The summed E-state index contributed by atoms with van der Waals surface area (Å²) >= 11 is 9.67. The number of nitriles is 1. The number of methoxy groups -OCH3 is 1. The van der Waals surface area contributed by atoms with E-state index < -0.39 is 30.6 Å². The van der Waals surface area contributed by atoms with Crippen molar-refractivity contribution in [2.75, 3.05) is 20.3 Å². The molecule has 1 aliphatic heterocycles. The van der Waals surface area contributed by atoms with Crippen LogP contribution in [0.15, 0.2) is 75.4 Å². The Hall–Kier alpha value is -5.06. The molecule has 3 aromatic rings. The van der Waals surface area contributed by atoms with Crippen LogP contribution in [0.5, 0.6) is 17.2 Å². The monoisotopic (exact) mass is 709 g/mol. The molecule has 3 amide bonds. The molecule has 0 aliphatic carbocycles. The molecule has 12 nitrogen and oxygen atoms in total. The first-order valence-corrected chi connectivity index (χ1v) is 15.0. The molecule has 0 spiro atoms. The van der Waals surface area contributed by atoms with E-state index >= 15 is 0 Å². The Morgan fingerprint density at radius 3 is 2.67 bits per heavy atom. The molecule has 46 heavy (non-hydrogen) atoms. The van der Waals surface area contributed by atoms with Crippen molar-refractivity contribution >= 4 is 51.7 Å². The summed E-state index contributed by atoms with van der Waals surface area (Å²) in [6.07, 6.45) is 1.37. The highest BCUT2D eigenvalue weighted by Gasteiger charge is 2.32. The van der Waals surface area contributed by atoms with Crippen LogP contribution in [0.3, 0.4) is 0 Å². The number of carbonyl (C=O) groups excluding carboxylic acids is 3. The van der Waals surface area contributed by atoms with Crippen molar-refractivity contribution < 1.29 is 33.3 Å². The van der Waals surface area contributed by atoms with Crippen molar-refractivity contribution in [1.29, 1.82) is 5.26 Å². The summed E-state index contributed by atoms with van der Waals surface area (Å²) < 4.78 is 22.8. The van der Waals surface area contributed by atoms with E-state index in [9.17, 15) is 19.6 Å². The number of benzene rings is 3. The van der Waals surface area contributed by atoms with Gasteiger partial charge in [-0.2, -0.15) is 10.4 Å². The zero-order valence-electron chi connectivity index (χ0n) is 25.0. The van der Waals surface area contributed by atoms with Crippen LogP contribution in [-0.4, -0.2) is 44.4 Å². The molecule has 3 N–H and O–H groups in total. The van der Waals surface area contributed by atoms with E-state index in [2.05, 4.69) is 43.2 Å². The van der Waals surface area contributed by atoms with Gasteiger partial charge in [-0.1, -0.05) is 35.9 Å². The Morgan fingerprint density at radius 2 is 1.93 bits per heavy atom. The van der Waals surface area contributed by atoms with Gasteiger partial charge in [0.1, 0.15) is 12.4 Å². The van der Waals surface area contributed by atoms with Crippen molar-refractivity contribution in [3.8, 4) is 23.3 Å². The molecule has 3 aromatic carbocycles. The second-order valence-electron chi connectivity index (χ2n) is 9.65. The van der Waals surface area contributed by atoms with Crippen LogP contribution in [0.4, 0.5) is 4.79 Å². The molecule has 0 saturated heterocycles. The van der Waals surface area contributed by atoms with Gasteiger partial charge >= 0.3 is 12.0 Å². The second-order valence-corrected chi connectivity index (χ2v) is 10.9. The number of amides is 3. The lowest BCUT2D eigenvalue weighted by Crippen LogP contribution is -2.45. The van der Waals surface area contributed by atoms with Crippen LogP contribution >= 0.6 is 27.5 Å². The third kappa shape index (κ3) is 8.35. The van der Waals surface area contributed by atoms with Crippen LogP contribution < -0.4 is 30.3 Å². The van der Waals surface area contributed by atoms with E-state index in [-0.39, 0.29) is 30.3 Å². The molecule has 238 valence electrons. The van der Waals surface area contributed by atoms with Crippen LogP contribution in [0.25, 0.3) is 0 Å². The van der Waals surface area contributed by atoms with Crippen LogP contribution in [0.2, 0.25) is 5.02 Å². The molecular formula is C32H29BrClN5O7. The van der Waals surface area contributed by atoms with Crippen molar-refractivity contribution in [2.45, 2.75) is 26.5 Å². The highest BCUT2D eigenvalue weighted by molar-refractivity contribution is 9.10. The lowest BCUT2D eigenvalue weighted by molar-refractivity contribution is -0.139. The van der Waals surface area contributed by atoms with Gasteiger partial charge in [0.15, 0.2) is 18.1 Å². The Labute approximate surface area is 278 Å². The Balaban J connectivity index is 1.42. The summed E-state index contributed by atoms with van der Waals surface area (Å²) in [5.41, 5.74) is 5.23. The first-order valence-electron chi connectivity index (χ1n) is 13.8. The first kappa shape index (κ1) is 33.8. The lowest BCUT2D eigenvalue weighted by Gasteiger charge is -2.28. The largest absolute Gasteiger partial charge is 0.493 e. The van der Waals surface area contributed by atoms with E-state index in [0.717, 1.165) is 0 Å². The minimum Gasteiger partial charge on any atom is -0.493 e. The number of hydrogen-bond acceptors (Lipinski definition) is 9. The molecule has 4 rings (SSSR count). The fourth-order valence-corrected chi connectivity index (χ4v) is 5.44. The Bertz CT molecular complexity index is 1760. The summed E-state index contributed by atoms with van der Waals surface area (Å²) in [4.78, 5) is 37.4. The highest BCUT2D eigenvalue weighted by Crippen LogP contribution is 2.35. The number of nitrogens with zero attached hydrogens (tertiary/aromatic N) is 2. The number of hydrazone groups is 1.